The molecule has 0 amide bonds. The van der Waals surface area contributed by atoms with Crippen LogP contribution in [-0.2, 0) is 0 Å². The molecule has 0 spiro atoms. The maximum atomic E-state index is 4.04. The maximum absolute atomic E-state index is 4.04. The van der Waals surface area contributed by atoms with Gasteiger partial charge in [0.1, 0.15) is 0 Å². The molecule has 84 valence electrons. The lowest BCUT2D eigenvalue weighted by Gasteiger charge is -2.07. The molecule has 0 aliphatic heterocycles. The lowest BCUT2D eigenvalue weighted by Crippen LogP contribution is -2.02. The van der Waals surface area contributed by atoms with Crippen molar-refractivity contribution in [2.75, 3.05) is 0 Å². The molecule has 0 N–H and O–H groups in total. The summed E-state index contributed by atoms with van der Waals surface area (Å²) >= 11 is 1.66. The number of hydrogen-bond donors (Lipinski definition) is 0. The number of benzene rings is 1. The van der Waals surface area contributed by atoms with Gasteiger partial charge >= 0.3 is 0 Å². The standard InChI is InChI=1S/C11H14N4S/c1-8(2)16-11-12-13-14-15(11)10-7-5-4-6-9(10)3/h4-8H,1-3H3. The van der Waals surface area contributed by atoms with Crippen molar-refractivity contribution in [1.82, 2.24) is 20.2 Å². The molecule has 2 aromatic rings. The molecule has 0 radical (unpaired) electrons. The van der Waals surface area contributed by atoms with Crippen molar-refractivity contribution in [1.29, 1.82) is 0 Å². The van der Waals surface area contributed by atoms with Gasteiger partial charge in [-0.15, -0.1) is 5.10 Å². The van der Waals surface area contributed by atoms with E-state index in [-0.39, 0.29) is 0 Å². The van der Waals surface area contributed by atoms with Gasteiger partial charge in [0.25, 0.3) is 0 Å². The van der Waals surface area contributed by atoms with Crippen LogP contribution >= 0.6 is 11.8 Å². The van der Waals surface area contributed by atoms with Crippen molar-refractivity contribution >= 4 is 11.8 Å². The number of thioether (sulfide) groups is 1. The summed E-state index contributed by atoms with van der Waals surface area (Å²) in [4.78, 5) is 0. The third kappa shape index (κ3) is 2.24. The van der Waals surface area contributed by atoms with E-state index in [9.17, 15) is 0 Å². The Hall–Kier alpha value is -1.36. The third-order valence-corrected chi connectivity index (χ3v) is 3.06. The SMILES string of the molecule is Cc1ccccc1-n1nnnc1SC(C)C. The minimum atomic E-state index is 0.466. The Morgan fingerprint density at radius 3 is 2.69 bits per heavy atom. The lowest BCUT2D eigenvalue weighted by atomic mass is 10.2. The quantitative estimate of drug-likeness (QED) is 0.765. The fraction of sp³-hybridized carbons (Fsp3) is 0.364. The molecule has 0 saturated carbocycles. The normalized spacial score (nSPS) is 11.0. The summed E-state index contributed by atoms with van der Waals surface area (Å²) < 4.78 is 1.79. The minimum absolute atomic E-state index is 0.466. The van der Waals surface area contributed by atoms with Gasteiger partial charge in [-0.05, 0) is 29.0 Å². The van der Waals surface area contributed by atoms with Crippen LogP contribution in [-0.4, -0.2) is 25.5 Å². The molecular weight excluding hydrogens is 220 g/mol. The lowest BCUT2D eigenvalue weighted by molar-refractivity contribution is 0.751. The van der Waals surface area contributed by atoms with Crippen LogP contribution in [0.15, 0.2) is 29.4 Å². The van der Waals surface area contributed by atoms with E-state index in [1.54, 1.807) is 16.4 Å². The fourth-order valence-electron chi connectivity index (χ4n) is 1.42. The number of para-hydroxylation sites is 1. The highest BCUT2D eigenvalue weighted by Gasteiger charge is 2.11. The molecule has 0 atom stereocenters. The van der Waals surface area contributed by atoms with E-state index >= 15 is 0 Å². The largest absolute Gasteiger partial charge is 0.214 e. The number of nitrogens with zero attached hydrogens (tertiary/aromatic N) is 4. The van der Waals surface area contributed by atoms with Gasteiger partial charge in [0.2, 0.25) is 5.16 Å². The second-order valence-electron chi connectivity index (χ2n) is 3.83. The first-order chi connectivity index (χ1) is 7.68. The Morgan fingerprint density at radius 1 is 1.25 bits per heavy atom. The highest BCUT2D eigenvalue weighted by molar-refractivity contribution is 7.99. The van der Waals surface area contributed by atoms with Gasteiger partial charge < -0.3 is 0 Å². The first kappa shape index (κ1) is 11.1. The summed E-state index contributed by atoms with van der Waals surface area (Å²) in [6.07, 6.45) is 0. The van der Waals surface area contributed by atoms with Crippen LogP contribution < -0.4 is 0 Å². The Labute approximate surface area is 99.1 Å². The fourth-order valence-corrected chi connectivity index (χ4v) is 2.16. The molecule has 16 heavy (non-hydrogen) atoms. The number of hydrogen-bond acceptors (Lipinski definition) is 4. The second-order valence-corrected chi connectivity index (χ2v) is 5.37. The van der Waals surface area contributed by atoms with Crippen LogP contribution in [0.1, 0.15) is 19.4 Å². The predicted molar refractivity (Wildman–Crippen MR) is 64.9 cm³/mol. The minimum Gasteiger partial charge on any atom is -0.187 e. The van der Waals surface area contributed by atoms with Gasteiger partial charge in [-0.1, -0.05) is 43.8 Å². The van der Waals surface area contributed by atoms with Crippen molar-refractivity contribution in [2.45, 2.75) is 31.2 Å². The molecule has 0 saturated heterocycles. The van der Waals surface area contributed by atoms with Crippen molar-refractivity contribution in [3.63, 3.8) is 0 Å². The van der Waals surface area contributed by atoms with Gasteiger partial charge in [-0.2, -0.15) is 4.68 Å². The Morgan fingerprint density at radius 2 is 2.00 bits per heavy atom. The monoisotopic (exact) mass is 234 g/mol. The summed E-state index contributed by atoms with van der Waals surface area (Å²) in [5.74, 6) is 0. The molecule has 1 heterocycles. The third-order valence-electron chi connectivity index (χ3n) is 2.13. The summed E-state index contributed by atoms with van der Waals surface area (Å²) in [5.41, 5.74) is 2.20. The summed E-state index contributed by atoms with van der Waals surface area (Å²) in [7, 11) is 0. The van der Waals surface area contributed by atoms with Crippen LogP contribution in [0.25, 0.3) is 5.69 Å². The highest BCUT2D eigenvalue weighted by atomic mass is 32.2. The molecule has 4 nitrogen and oxygen atoms in total. The van der Waals surface area contributed by atoms with Crippen molar-refractivity contribution in [3.8, 4) is 5.69 Å². The first-order valence-electron chi connectivity index (χ1n) is 5.19. The zero-order chi connectivity index (χ0) is 11.5. The van der Waals surface area contributed by atoms with Crippen LogP contribution in [0.2, 0.25) is 0 Å². The molecule has 2 rings (SSSR count). The topological polar surface area (TPSA) is 43.6 Å². The molecule has 0 fully saturated rings. The molecule has 5 heteroatoms. The molecule has 1 aromatic heterocycles. The molecule has 0 bridgehead atoms. The Balaban J connectivity index is 2.41. The van der Waals surface area contributed by atoms with E-state index < -0.39 is 0 Å². The van der Waals surface area contributed by atoms with Crippen LogP contribution in [0.3, 0.4) is 0 Å². The number of tetrazole rings is 1. The van der Waals surface area contributed by atoms with Gasteiger partial charge in [0.05, 0.1) is 5.69 Å². The highest BCUT2D eigenvalue weighted by Crippen LogP contribution is 2.23. The van der Waals surface area contributed by atoms with E-state index in [1.165, 1.54) is 5.56 Å². The molecule has 1 aromatic carbocycles. The number of rotatable bonds is 3. The van der Waals surface area contributed by atoms with Gasteiger partial charge in [0.15, 0.2) is 0 Å². The van der Waals surface area contributed by atoms with Crippen molar-refractivity contribution in [3.05, 3.63) is 29.8 Å². The Kier molecular flexibility index (Phi) is 3.24. The van der Waals surface area contributed by atoms with Crippen molar-refractivity contribution < 1.29 is 0 Å². The summed E-state index contributed by atoms with van der Waals surface area (Å²) in [6, 6.07) is 8.09. The average molecular weight is 234 g/mol. The zero-order valence-electron chi connectivity index (χ0n) is 9.58. The smallest absolute Gasteiger partial charge is 0.187 e. The molecule has 0 aliphatic carbocycles. The van der Waals surface area contributed by atoms with Crippen molar-refractivity contribution in [2.24, 2.45) is 0 Å². The van der Waals surface area contributed by atoms with Crippen LogP contribution in [0.4, 0.5) is 0 Å². The molecule has 0 unspecified atom stereocenters. The number of aromatic nitrogens is 4. The molecular formula is C11H14N4S. The van der Waals surface area contributed by atoms with E-state index in [0.29, 0.717) is 5.25 Å². The van der Waals surface area contributed by atoms with Gasteiger partial charge in [-0.3, -0.25) is 0 Å². The van der Waals surface area contributed by atoms with Gasteiger partial charge in [0, 0.05) is 5.25 Å². The summed E-state index contributed by atoms with van der Waals surface area (Å²) in [6.45, 7) is 6.31. The first-order valence-corrected chi connectivity index (χ1v) is 6.07. The van der Waals surface area contributed by atoms with Crippen LogP contribution in [0, 0.1) is 6.92 Å². The average Bonchev–Trinajstić information content (AvgIpc) is 2.66. The predicted octanol–water partition coefficient (Wildman–Crippen LogP) is 2.47. The summed E-state index contributed by atoms with van der Waals surface area (Å²) in [5, 5.41) is 13.1. The zero-order valence-corrected chi connectivity index (χ0v) is 10.4. The van der Waals surface area contributed by atoms with E-state index in [2.05, 4.69) is 42.4 Å². The maximum Gasteiger partial charge on any atom is 0.214 e. The molecule has 0 aliphatic rings. The van der Waals surface area contributed by atoms with E-state index in [0.717, 1.165) is 10.8 Å². The van der Waals surface area contributed by atoms with E-state index in [4.69, 9.17) is 0 Å². The van der Waals surface area contributed by atoms with Crippen LogP contribution in [0.5, 0.6) is 0 Å². The van der Waals surface area contributed by atoms with E-state index in [1.807, 2.05) is 18.2 Å². The Bertz CT molecular complexity index is 478. The second kappa shape index (κ2) is 4.65. The number of aryl methyl sites for hydroxylation is 1. The van der Waals surface area contributed by atoms with Gasteiger partial charge in [-0.25, -0.2) is 0 Å².